The van der Waals surface area contributed by atoms with Gasteiger partial charge in [0.15, 0.2) is 12.2 Å². The van der Waals surface area contributed by atoms with Gasteiger partial charge in [0.05, 0.1) is 26.4 Å². The van der Waals surface area contributed by atoms with Gasteiger partial charge in [0.25, 0.3) is 0 Å². The summed E-state index contributed by atoms with van der Waals surface area (Å²) in [5.41, 5.74) is 0. The summed E-state index contributed by atoms with van der Waals surface area (Å²) in [7, 11) is -9.92. The summed E-state index contributed by atoms with van der Waals surface area (Å²) in [5.74, 6) is -0.462. The van der Waals surface area contributed by atoms with Crippen LogP contribution in [0, 0.1) is 11.8 Å². The lowest BCUT2D eigenvalue weighted by Crippen LogP contribution is -2.30. The number of aliphatic hydroxyl groups excluding tert-OH is 1. The van der Waals surface area contributed by atoms with Crippen molar-refractivity contribution in [3.63, 3.8) is 0 Å². The average Bonchev–Trinajstić information content (AvgIpc) is 0.926. The van der Waals surface area contributed by atoms with Gasteiger partial charge in [0, 0.05) is 25.7 Å². The van der Waals surface area contributed by atoms with Gasteiger partial charge in [0.1, 0.15) is 19.3 Å². The Hall–Kier alpha value is -1.94. The van der Waals surface area contributed by atoms with Crippen LogP contribution in [-0.2, 0) is 65.4 Å². The Morgan fingerprint density at radius 1 is 0.282 bits per heavy atom. The highest BCUT2D eigenvalue weighted by atomic mass is 31.2. The summed E-state index contributed by atoms with van der Waals surface area (Å²) in [5, 5.41) is 10.7. The predicted molar refractivity (Wildman–Crippen MR) is 423 cm³/mol. The molecule has 0 aromatic rings. The molecule has 0 radical (unpaired) electrons. The van der Waals surface area contributed by atoms with Crippen LogP contribution >= 0.6 is 15.6 Å². The highest BCUT2D eigenvalue weighted by Gasteiger charge is 2.30. The van der Waals surface area contributed by atoms with Crippen molar-refractivity contribution in [2.45, 2.75) is 464 Å². The molecule has 0 heterocycles. The second-order valence-electron chi connectivity index (χ2n) is 30.9. The first-order chi connectivity index (χ1) is 49.9. The maximum Gasteiger partial charge on any atom is 0.472 e. The minimum atomic E-state index is -4.96. The Labute approximate surface area is 632 Å². The average molecular weight is 1510 g/mol. The molecule has 103 heavy (non-hydrogen) atoms. The molecule has 0 aliphatic carbocycles. The molecule has 0 rings (SSSR count). The van der Waals surface area contributed by atoms with Gasteiger partial charge in [-0.05, 0) is 37.5 Å². The number of rotatable bonds is 83. The fourth-order valence-electron chi connectivity index (χ4n) is 13.0. The molecule has 0 amide bonds. The first kappa shape index (κ1) is 101. The molecule has 0 aliphatic rings. The first-order valence-electron chi connectivity index (χ1n) is 43.5. The van der Waals surface area contributed by atoms with Gasteiger partial charge < -0.3 is 33.8 Å². The number of hydrogen-bond acceptors (Lipinski definition) is 15. The molecule has 0 saturated heterocycles. The van der Waals surface area contributed by atoms with E-state index < -0.39 is 97.5 Å². The first-order valence-corrected chi connectivity index (χ1v) is 46.5. The molecule has 0 fully saturated rings. The van der Waals surface area contributed by atoms with Crippen LogP contribution in [-0.4, -0.2) is 96.7 Å². The van der Waals surface area contributed by atoms with Crippen molar-refractivity contribution in [3.05, 3.63) is 0 Å². The summed E-state index contributed by atoms with van der Waals surface area (Å²) in [6.07, 6.45) is 66.7. The Bertz CT molecular complexity index is 1980. The van der Waals surface area contributed by atoms with Crippen LogP contribution in [0.25, 0.3) is 0 Å². The molecule has 19 heteroatoms. The van der Waals surface area contributed by atoms with Crippen molar-refractivity contribution in [1.82, 2.24) is 0 Å². The van der Waals surface area contributed by atoms with Gasteiger partial charge in [-0.2, -0.15) is 0 Å². The van der Waals surface area contributed by atoms with Crippen LogP contribution in [0.5, 0.6) is 0 Å². The van der Waals surface area contributed by atoms with Crippen molar-refractivity contribution in [3.8, 4) is 0 Å². The molecule has 0 bridgehead atoms. The van der Waals surface area contributed by atoms with Crippen molar-refractivity contribution < 1.29 is 80.2 Å². The van der Waals surface area contributed by atoms with E-state index in [2.05, 4.69) is 41.5 Å². The SMILES string of the molecule is CCCCCCCCCCCCCCCCCCCCCCC(=O)O[C@H](COC(=O)CCCCCCCCCCCCCCCCC(C)CC)COP(=O)(O)OC[C@@H](O)COP(=O)(O)OC[C@@H](COC(=O)CCCCCCCCCC)OC(=O)CCCCCCCCCCCCCCCCC(C)C. The Kier molecular flexibility index (Phi) is 74.1. The molecule has 0 saturated carbocycles. The van der Waals surface area contributed by atoms with Crippen LogP contribution in [0.1, 0.15) is 446 Å². The normalized spacial score (nSPS) is 14.1. The fraction of sp³-hybridized carbons (Fsp3) is 0.952. The number of ether oxygens (including phenoxy) is 4. The van der Waals surface area contributed by atoms with E-state index in [0.717, 1.165) is 108 Å². The van der Waals surface area contributed by atoms with Crippen LogP contribution in [0.4, 0.5) is 0 Å². The van der Waals surface area contributed by atoms with Crippen molar-refractivity contribution >= 4 is 39.5 Å². The van der Waals surface area contributed by atoms with Crippen molar-refractivity contribution in [2.75, 3.05) is 39.6 Å². The highest BCUT2D eigenvalue weighted by molar-refractivity contribution is 7.47. The van der Waals surface area contributed by atoms with Gasteiger partial charge >= 0.3 is 39.5 Å². The number of esters is 4. The number of unbranched alkanes of at least 4 members (excludes halogenated alkanes) is 52. The lowest BCUT2D eigenvalue weighted by molar-refractivity contribution is -0.161. The van der Waals surface area contributed by atoms with Gasteiger partial charge in [-0.15, -0.1) is 0 Å². The van der Waals surface area contributed by atoms with Gasteiger partial charge in [-0.1, -0.05) is 395 Å². The number of carbonyl (C=O) groups is 4. The zero-order valence-electron chi connectivity index (χ0n) is 67.6. The molecular weight excluding hydrogens is 1340 g/mol. The number of aliphatic hydroxyl groups is 1. The number of hydrogen-bond donors (Lipinski definition) is 3. The number of phosphoric acid groups is 2. The lowest BCUT2D eigenvalue weighted by Gasteiger charge is -2.21. The number of phosphoric ester groups is 2. The molecule has 17 nitrogen and oxygen atoms in total. The van der Waals surface area contributed by atoms with Gasteiger partial charge in [-0.25, -0.2) is 9.13 Å². The largest absolute Gasteiger partial charge is 0.472 e. The van der Waals surface area contributed by atoms with Crippen LogP contribution in [0.15, 0.2) is 0 Å². The van der Waals surface area contributed by atoms with E-state index in [1.165, 1.54) is 257 Å². The molecule has 0 aromatic carbocycles. The smallest absolute Gasteiger partial charge is 0.462 e. The third kappa shape index (κ3) is 76.6. The minimum absolute atomic E-state index is 0.108. The van der Waals surface area contributed by atoms with Crippen LogP contribution in [0.3, 0.4) is 0 Å². The van der Waals surface area contributed by atoms with E-state index in [-0.39, 0.29) is 25.7 Å². The Morgan fingerprint density at radius 3 is 0.738 bits per heavy atom. The maximum absolute atomic E-state index is 13.1. The van der Waals surface area contributed by atoms with Gasteiger partial charge in [-0.3, -0.25) is 37.3 Å². The Morgan fingerprint density at radius 2 is 0.495 bits per heavy atom. The Balaban J connectivity index is 5.20. The second kappa shape index (κ2) is 75.5. The van der Waals surface area contributed by atoms with E-state index in [1.807, 2.05) is 0 Å². The lowest BCUT2D eigenvalue weighted by atomic mass is 9.99. The quantitative estimate of drug-likeness (QED) is 0.0222. The summed E-state index contributed by atoms with van der Waals surface area (Å²) in [4.78, 5) is 73.1. The third-order valence-corrected chi connectivity index (χ3v) is 22.0. The summed E-state index contributed by atoms with van der Waals surface area (Å²) < 4.78 is 68.8. The fourth-order valence-corrected chi connectivity index (χ4v) is 14.6. The molecule has 6 atom stereocenters. The highest BCUT2D eigenvalue weighted by Crippen LogP contribution is 2.45. The van der Waals surface area contributed by atoms with Crippen LogP contribution in [0.2, 0.25) is 0 Å². The molecule has 3 unspecified atom stereocenters. The molecule has 0 aromatic heterocycles. The molecular formula is C84H164O17P2. The minimum Gasteiger partial charge on any atom is -0.462 e. The second-order valence-corrected chi connectivity index (χ2v) is 33.8. The predicted octanol–water partition coefficient (Wildman–Crippen LogP) is 25.5. The van der Waals surface area contributed by atoms with Crippen molar-refractivity contribution in [2.24, 2.45) is 11.8 Å². The topological polar surface area (TPSA) is 237 Å². The monoisotopic (exact) mass is 1510 g/mol. The molecule has 3 N–H and O–H groups in total. The summed E-state index contributed by atoms with van der Waals surface area (Å²) in [6.45, 7) is 9.71. The summed E-state index contributed by atoms with van der Waals surface area (Å²) in [6, 6.07) is 0. The van der Waals surface area contributed by atoms with Gasteiger partial charge in [0.2, 0.25) is 0 Å². The van der Waals surface area contributed by atoms with E-state index in [1.54, 1.807) is 0 Å². The molecule has 612 valence electrons. The van der Waals surface area contributed by atoms with E-state index in [0.29, 0.717) is 25.7 Å². The summed E-state index contributed by atoms with van der Waals surface area (Å²) >= 11 is 0. The van der Waals surface area contributed by atoms with Crippen molar-refractivity contribution in [1.29, 1.82) is 0 Å². The molecule has 0 spiro atoms. The number of carbonyl (C=O) groups excluding carboxylic acids is 4. The zero-order valence-corrected chi connectivity index (χ0v) is 69.4. The molecule has 0 aliphatic heterocycles. The van der Waals surface area contributed by atoms with Crippen LogP contribution < -0.4 is 0 Å². The maximum atomic E-state index is 13.1. The standard InChI is InChI=1S/C84H164O17P2/c1-7-10-12-14-16-18-19-20-21-22-23-24-25-26-34-39-44-50-56-62-68-84(89)101-80(73-95-82(87)67-61-55-49-43-38-33-30-28-32-37-42-47-53-59-65-77(6)9-3)75-99-103(92,93)97-71-78(85)70-96-102(90,91)98-74-79(72-94-81(86)66-60-54-48-17-15-13-11-8-2)100-83(88)69-63-57-51-45-40-35-29-27-31-36-41-46-52-58-64-76(4)5/h76-80,85H,7-75H2,1-6H3,(H,90,91)(H,92,93)/t77?,78-,79+,80+/m0/s1. The third-order valence-electron chi connectivity index (χ3n) is 20.1. The zero-order chi connectivity index (χ0) is 75.6. The van der Waals surface area contributed by atoms with E-state index >= 15 is 0 Å². The van der Waals surface area contributed by atoms with E-state index in [9.17, 15) is 43.2 Å². The van der Waals surface area contributed by atoms with E-state index in [4.69, 9.17) is 37.0 Å².